The molecule has 0 amide bonds. The second kappa shape index (κ2) is 2.12. The minimum atomic E-state index is -2.66. The summed E-state index contributed by atoms with van der Waals surface area (Å²) in [7, 11) is 0. The van der Waals surface area contributed by atoms with E-state index in [1.807, 2.05) is 0 Å². The summed E-state index contributed by atoms with van der Waals surface area (Å²) in [5.41, 5.74) is 4.23. The average Bonchev–Trinajstić information content (AvgIpc) is 1.82. The van der Waals surface area contributed by atoms with Crippen LogP contribution in [-0.2, 0) is 0 Å². The van der Waals surface area contributed by atoms with Gasteiger partial charge in [-0.2, -0.15) is 0 Å². The summed E-state index contributed by atoms with van der Waals surface area (Å²) in [5.74, 6) is -2.66. The summed E-state index contributed by atoms with van der Waals surface area (Å²) in [6, 6.07) is 0. The molecule has 1 aliphatic rings. The van der Waals surface area contributed by atoms with Gasteiger partial charge in [0, 0.05) is 24.8 Å². The molecule has 1 fully saturated rings. The lowest BCUT2D eigenvalue weighted by molar-refractivity contribution is -0.163. The van der Waals surface area contributed by atoms with Crippen molar-refractivity contribution < 1.29 is 13.2 Å². The van der Waals surface area contributed by atoms with Gasteiger partial charge in [-0.15, -0.1) is 0 Å². The van der Waals surface area contributed by atoms with Crippen LogP contribution in [0.5, 0.6) is 0 Å². The van der Waals surface area contributed by atoms with Crippen molar-refractivity contribution in [3.05, 3.63) is 0 Å². The van der Waals surface area contributed by atoms with Crippen molar-refractivity contribution in [2.45, 2.75) is 18.8 Å². The monoisotopic (exact) mass is 153 g/mol. The highest BCUT2D eigenvalue weighted by Crippen LogP contribution is 2.51. The molecule has 4 heteroatoms. The molecule has 10 heavy (non-hydrogen) atoms. The molecule has 2 N–H and O–H groups in total. The standard InChI is InChI=1S/C6H10F3N/c7-3-5(4-10)1-6(8,9)2-5/h1-4,10H2. The number of hydrogen-bond donors (Lipinski definition) is 1. The van der Waals surface area contributed by atoms with Crippen LogP contribution in [0.15, 0.2) is 0 Å². The summed E-state index contributed by atoms with van der Waals surface area (Å²) in [5, 5.41) is 0. The fraction of sp³-hybridized carbons (Fsp3) is 1.00. The lowest BCUT2D eigenvalue weighted by atomic mass is 9.67. The fourth-order valence-electron chi connectivity index (χ4n) is 1.34. The minimum absolute atomic E-state index is 0.0269. The van der Waals surface area contributed by atoms with Gasteiger partial charge < -0.3 is 5.73 Å². The SMILES string of the molecule is NCC1(CF)CC(F)(F)C1. The Bertz CT molecular complexity index is 121. The smallest absolute Gasteiger partial charge is 0.249 e. The third-order valence-electron chi connectivity index (χ3n) is 1.98. The van der Waals surface area contributed by atoms with E-state index in [1.54, 1.807) is 0 Å². The minimum Gasteiger partial charge on any atom is -0.330 e. The van der Waals surface area contributed by atoms with Crippen molar-refractivity contribution in [2.24, 2.45) is 11.1 Å². The molecule has 1 saturated carbocycles. The lowest BCUT2D eigenvalue weighted by Gasteiger charge is -2.44. The maximum Gasteiger partial charge on any atom is 0.249 e. The molecular weight excluding hydrogens is 143 g/mol. The Kier molecular flexibility index (Phi) is 1.66. The first kappa shape index (κ1) is 7.85. The third-order valence-corrected chi connectivity index (χ3v) is 1.98. The van der Waals surface area contributed by atoms with Crippen LogP contribution in [-0.4, -0.2) is 19.1 Å². The summed E-state index contributed by atoms with van der Waals surface area (Å²) in [6.45, 7) is -0.696. The van der Waals surface area contributed by atoms with E-state index < -0.39 is 18.0 Å². The largest absolute Gasteiger partial charge is 0.330 e. The molecule has 0 heterocycles. The normalized spacial score (nSPS) is 27.6. The van der Waals surface area contributed by atoms with Crippen LogP contribution in [0.25, 0.3) is 0 Å². The van der Waals surface area contributed by atoms with Crippen LogP contribution in [0.4, 0.5) is 13.2 Å². The molecule has 0 bridgehead atoms. The van der Waals surface area contributed by atoms with E-state index in [4.69, 9.17) is 5.73 Å². The third kappa shape index (κ3) is 1.12. The van der Waals surface area contributed by atoms with Crippen molar-refractivity contribution in [1.82, 2.24) is 0 Å². The molecule has 0 aliphatic heterocycles. The van der Waals surface area contributed by atoms with E-state index >= 15 is 0 Å². The first-order valence-electron chi connectivity index (χ1n) is 3.17. The molecule has 0 atom stereocenters. The molecule has 60 valence electrons. The van der Waals surface area contributed by atoms with Gasteiger partial charge in [0.1, 0.15) is 0 Å². The number of alkyl halides is 3. The molecule has 0 saturated heterocycles. The average molecular weight is 153 g/mol. The molecule has 0 aromatic rings. The predicted molar refractivity (Wildman–Crippen MR) is 31.6 cm³/mol. The highest BCUT2D eigenvalue weighted by Gasteiger charge is 2.55. The topological polar surface area (TPSA) is 26.0 Å². The van der Waals surface area contributed by atoms with Gasteiger partial charge in [0.05, 0.1) is 6.67 Å². The molecule has 0 aromatic carbocycles. The Balaban J connectivity index is 2.46. The van der Waals surface area contributed by atoms with E-state index in [1.165, 1.54) is 0 Å². The zero-order valence-corrected chi connectivity index (χ0v) is 5.54. The number of rotatable bonds is 2. The summed E-state index contributed by atoms with van der Waals surface area (Å²) in [6.07, 6.45) is -0.764. The predicted octanol–water partition coefficient (Wildman–Crippen LogP) is 1.33. The zero-order valence-electron chi connectivity index (χ0n) is 5.54. The van der Waals surface area contributed by atoms with Gasteiger partial charge in [-0.1, -0.05) is 0 Å². The molecule has 1 rings (SSSR count). The van der Waals surface area contributed by atoms with Gasteiger partial charge in [-0.3, -0.25) is 4.39 Å². The highest BCUT2D eigenvalue weighted by molar-refractivity contribution is 4.99. The fourth-order valence-corrected chi connectivity index (χ4v) is 1.34. The molecule has 1 nitrogen and oxygen atoms in total. The van der Waals surface area contributed by atoms with Crippen molar-refractivity contribution in [1.29, 1.82) is 0 Å². The first-order valence-corrected chi connectivity index (χ1v) is 3.17. The maximum absolute atomic E-state index is 12.2. The van der Waals surface area contributed by atoms with E-state index in [9.17, 15) is 13.2 Å². The Labute approximate surface area is 57.4 Å². The van der Waals surface area contributed by atoms with E-state index in [0.717, 1.165) is 0 Å². The van der Waals surface area contributed by atoms with Crippen LogP contribution >= 0.6 is 0 Å². The number of nitrogens with two attached hydrogens (primary N) is 1. The first-order chi connectivity index (χ1) is 4.54. The van der Waals surface area contributed by atoms with Gasteiger partial charge >= 0.3 is 0 Å². The van der Waals surface area contributed by atoms with E-state index in [2.05, 4.69) is 0 Å². The van der Waals surface area contributed by atoms with Gasteiger partial charge in [-0.25, -0.2) is 8.78 Å². The Hall–Kier alpha value is -0.250. The molecule has 0 aromatic heterocycles. The van der Waals surface area contributed by atoms with Crippen LogP contribution in [0.2, 0.25) is 0 Å². The number of halogens is 3. The van der Waals surface area contributed by atoms with Crippen LogP contribution in [0.3, 0.4) is 0 Å². The maximum atomic E-state index is 12.2. The molecule has 0 radical (unpaired) electrons. The molecule has 0 unspecified atom stereocenters. The van der Waals surface area contributed by atoms with Crippen molar-refractivity contribution >= 4 is 0 Å². The van der Waals surface area contributed by atoms with Crippen molar-refractivity contribution in [3.8, 4) is 0 Å². The zero-order chi connectivity index (χ0) is 7.83. The molecule has 1 aliphatic carbocycles. The quantitative estimate of drug-likeness (QED) is 0.636. The molecular formula is C6H10F3N. The molecule has 0 spiro atoms. The van der Waals surface area contributed by atoms with Crippen LogP contribution < -0.4 is 5.73 Å². The lowest BCUT2D eigenvalue weighted by Crippen LogP contribution is -2.51. The Morgan fingerprint density at radius 3 is 1.90 bits per heavy atom. The summed E-state index contributed by atoms with van der Waals surface area (Å²) >= 11 is 0. The number of hydrogen-bond acceptors (Lipinski definition) is 1. The van der Waals surface area contributed by atoms with Crippen LogP contribution in [0.1, 0.15) is 12.8 Å². The summed E-state index contributed by atoms with van der Waals surface area (Å²) in [4.78, 5) is 0. The van der Waals surface area contributed by atoms with Crippen molar-refractivity contribution in [3.63, 3.8) is 0 Å². The Morgan fingerprint density at radius 2 is 1.80 bits per heavy atom. The van der Waals surface area contributed by atoms with Gasteiger partial charge in [0.15, 0.2) is 0 Å². The second-order valence-corrected chi connectivity index (χ2v) is 3.05. The van der Waals surface area contributed by atoms with Gasteiger partial charge in [0.2, 0.25) is 5.92 Å². The van der Waals surface area contributed by atoms with Crippen molar-refractivity contribution in [2.75, 3.05) is 13.2 Å². The Morgan fingerprint density at radius 1 is 1.30 bits per heavy atom. The van der Waals surface area contributed by atoms with Gasteiger partial charge in [-0.05, 0) is 0 Å². The van der Waals surface area contributed by atoms with E-state index in [-0.39, 0.29) is 19.4 Å². The summed E-state index contributed by atoms with van der Waals surface area (Å²) < 4.78 is 36.4. The highest BCUT2D eigenvalue weighted by atomic mass is 19.3. The second-order valence-electron chi connectivity index (χ2n) is 3.05. The van der Waals surface area contributed by atoms with Crippen LogP contribution in [0, 0.1) is 5.41 Å². The van der Waals surface area contributed by atoms with Gasteiger partial charge in [0.25, 0.3) is 0 Å². The van der Waals surface area contributed by atoms with E-state index in [0.29, 0.717) is 0 Å².